The Morgan fingerprint density at radius 3 is 2.55 bits per heavy atom. The molecule has 4 saturated carbocycles. The van der Waals surface area contributed by atoms with E-state index in [1.807, 2.05) is 0 Å². The van der Waals surface area contributed by atoms with E-state index in [0.717, 1.165) is 41.2 Å². The average molecular weight is 615 g/mol. The minimum absolute atomic E-state index is 0.166. The second kappa shape index (κ2) is 11.3. The van der Waals surface area contributed by atoms with Gasteiger partial charge < -0.3 is 14.4 Å². The molecule has 4 aliphatic carbocycles. The van der Waals surface area contributed by atoms with Gasteiger partial charge in [0.15, 0.2) is 0 Å². The molecule has 0 amide bonds. The minimum Gasteiger partial charge on any atom is -0.376 e. The van der Waals surface area contributed by atoms with Crippen molar-refractivity contribution in [3.8, 4) is 0 Å². The molecule has 3 nitrogen and oxygen atoms in total. The minimum atomic E-state index is 0.166. The summed E-state index contributed by atoms with van der Waals surface area (Å²) in [6.07, 6.45) is 16.1. The number of hydrogen-bond acceptors (Lipinski definition) is 3. The Hall–Kier alpha value is -0.420. The van der Waals surface area contributed by atoms with Crippen molar-refractivity contribution in [3.63, 3.8) is 0 Å². The Labute approximate surface area is 253 Å². The topological polar surface area (TPSA) is 21.7 Å². The van der Waals surface area contributed by atoms with Crippen molar-refractivity contribution >= 4 is 15.9 Å². The van der Waals surface area contributed by atoms with Crippen molar-refractivity contribution in [2.45, 2.75) is 123 Å². The standard InChI is InChI=1S/C36H56BrNO2/c1-24(22-39-23-26-11-14-28(37)15-12-26)10-17-32-25(2)36(38(5)6)33(40-32)21-31-29-16-13-27-9-7-8-19-34(27,3)30(29)18-20-35(31,36)4/h11-12,14-15,24-25,27,29-33H,7-10,13,16-23H2,1-6H3/t24?,25-,27?,29-,30+,31+,32?,33+,34+,35+,36-/m1/s1. The summed E-state index contributed by atoms with van der Waals surface area (Å²) in [5, 5.41) is 0. The first-order valence-electron chi connectivity index (χ1n) is 16.8. The summed E-state index contributed by atoms with van der Waals surface area (Å²) >= 11 is 3.52. The molecule has 4 heteroatoms. The number of fused-ring (bicyclic) bond motifs is 7. The molecule has 0 radical (unpaired) electrons. The summed E-state index contributed by atoms with van der Waals surface area (Å²) in [6.45, 7) is 11.9. The highest BCUT2D eigenvalue weighted by Gasteiger charge is 2.73. The summed E-state index contributed by atoms with van der Waals surface area (Å²) in [6, 6.07) is 8.48. The second-order valence-corrected chi connectivity index (χ2v) is 16.5. The molecule has 0 aromatic heterocycles. The Morgan fingerprint density at radius 2 is 1.80 bits per heavy atom. The number of rotatable bonds is 8. The monoisotopic (exact) mass is 613 g/mol. The lowest BCUT2D eigenvalue weighted by molar-refractivity contribution is -0.137. The van der Waals surface area contributed by atoms with E-state index in [9.17, 15) is 0 Å². The Balaban J connectivity index is 1.11. The van der Waals surface area contributed by atoms with Gasteiger partial charge in [-0.3, -0.25) is 0 Å². The molecule has 11 atom stereocenters. The van der Waals surface area contributed by atoms with Crippen LogP contribution < -0.4 is 0 Å². The van der Waals surface area contributed by atoms with Crippen molar-refractivity contribution < 1.29 is 9.47 Å². The highest BCUT2D eigenvalue weighted by atomic mass is 79.9. The van der Waals surface area contributed by atoms with E-state index in [0.29, 0.717) is 41.5 Å². The lowest BCUT2D eigenvalue weighted by atomic mass is 9.43. The van der Waals surface area contributed by atoms with E-state index < -0.39 is 0 Å². The van der Waals surface area contributed by atoms with Gasteiger partial charge in [0.25, 0.3) is 0 Å². The molecule has 5 aliphatic rings. The first-order valence-corrected chi connectivity index (χ1v) is 17.6. The lowest BCUT2D eigenvalue weighted by Crippen LogP contribution is -2.64. The molecule has 1 heterocycles. The molecule has 1 aliphatic heterocycles. The van der Waals surface area contributed by atoms with Crippen LogP contribution >= 0.6 is 15.9 Å². The molecule has 5 fully saturated rings. The maximum atomic E-state index is 7.18. The van der Waals surface area contributed by atoms with Crippen LogP contribution in [-0.4, -0.2) is 43.3 Å². The molecular weight excluding hydrogens is 558 g/mol. The SMILES string of the molecule is CC(CCC1O[C@H]2C[C@H]3[C@@H]4CCC5CCCC[C@]5(C)[C@H]4CC[C@]3(C)[C@@]2(N(C)C)[C@@H]1C)COCc1ccc(Br)cc1. The zero-order valence-electron chi connectivity index (χ0n) is 26.3. The fourth-order valence-corrected chi connectivity index (χ4v) is 12.2. The van der Waals surface area contributed by atoms with E-state index in [1.54, 1.807) is 0 Å². The van der Waals surface area contributed by atoms with E-state index in [2.05, 4.69) is 86.9 Å². The summed E-state index contributed by atoms with van der Waals surface area (Å²) in [7, 11) is 4.76. The number of likely N-dealkylation sites (N-methyl/N-ethyl adjacent to an activating group) is 1. The van der Waals surface area contributed by atoms with Gasteiger partial charge in [-0.2, -0.15) is 0 Å². The Bertz CT molecular complexity index is 1030. The van der Waals surface area contributed by atoms with Crippen molar-refractivity contribution in [1.82, 2.24) is 4.90 Å². The molecule has 3 unspecified atom stereocenters. The predicted octanol–water partition coefficient (Wildman–Crippen LogP) is 9.13. The van der Waals surface area contributed by atoms with Crippen molar-refractivity contribution in [2.24, 2.45) is 46.3 Å². The van der Waals surface area contributed by atoms with Gasteiger partial charge in [0.1, 0.15) is 0 Å². The average Bonchev–Trinajstić information content (AvgIpc) is 3.37. The van der Waals surface area contributed by atoms with Crippen LogP contribution in [0.15, 0.2) is 28.7 Å². The van der Waals surface area contributed by atoms with Crippen molar-refractivity contribution in [1.29, 1.82) is 0 Å². The Kier molecular flexibility index (Phi) is 8.34. The van der Waals surface area contributed by atoms with Crippen LogP contribution in [0.5, 0.6) is 0 Å². The van der Waals surface area contributed by atoms with Gasteiger partial charge in [-0.1, -0.05) is 68.6 Å². The lowest BCUT2D eigenvalue weighted by Gasteiger charge is -2.63. The van der Waals surface area contributed by atoms with Crippen LogP contribution in [0, 0.1) is 46.3 Å². The summed E-state index contributed by atoms with van der Waals surface area (Å²) in [5.41, 5.74) is 2.37. The number of ether oxygens (including phenoxy) is 2. The highest BCUT2D eigenvalue weighted by Crippen LogP contribution is 2.72. The number of benzene rings is 1. The number of hydrogen-bond donors (Lipinski definition) is 0. The first kappa shape index (κ1) is 29.6. The van der Waals surface area contributed by atoms with Crippen LogP contribution in [-0.2, 0) is 16.1 Å². The molecule has 1 aromatic rings. The quantitative estimate of drug-likeness (QED) is 0.292. The van der Waals surface area contributed by atoms with Gasteiger partial charge in [0.05, 0.1) is 24.4 Å². The zero-order chi connectivity index (χ0) is 28.3. The van der Waals surface area contributed by atoms with Crippen LogP contribution in [0.25, 0.3) is 0 Å². The summed E-state index contributed by atoms with van der Waals surface area (Å²) in [4.78, 5) is 2.65. The predicted molar refractivity (Wildman–Crippen MR) is 168 cm³/mol. The maximum Gasteiger partial charge on any atom is 0.0774 e. The van der Waals surface area contributed by atoms with E-state index in [1.165, 1.54) is 69.8 Å². The smallest absolute Gasteiger partial charge is 0.0774 e. The van der Waals surface area contributed by atoms with Gasteiger partial charge in [-0.05, 0) is 130 Å². The van der Waals surface area contributed by atoms with E-state index in [4.69, 9.17) is 9.47 Å². The largest absolute Gasteiger partial charge is 0.376 e. The van der Waals surface area contributed by atoms with E-state index in [-0.39, 0.29) is 5.54 Å². The molecule has 0 N–H and O–H groups in total. The van der Waals surface area contributed by atoms with E-state index >= 15 is 0 Å². The Morgan fingerprint density at radius 1 is 1.02 bits per heavy atom. The maximum absolute atomic E-state index is 7.18. The third-order valence-corrected chi connectivity index (χ3v) is 14.2. The highest BCUT2D eigenvalue weighted by molar-refractivity contribution is 9.10. The van der Waals surface area contributed by atoms with Crippen molar-refractivity contribution in [2.75, 3.05) is 20.7 Å². The molecule has 40 heavy (non-hydrogen) atoms. The fourth-order valence-electron chi connectivity index (χ4n) is 11.9. The molecule has 1 saturated heterocycles. The second-order valence-electron chi connectivity index (χ2n) is 15.6. The number of nitrogens with zero attached hydrogens (tertiary/aromatic N) is 1. The van der Waals surface area contributed by atoms with Crippen LogP contribution in [0.1, 0.15) is 104 Å². The van der Waals surface area contributed by atoms with Crippen LogP contribution in [0.4, 0.5) is 0 Å². The molecule has 224 valence electrons. The van der Waals surface area contributed by atoms with Gasteiger partial charge in [0.2, 0.25) is 0 Å². The number of halogens is 1. The van der Waals surface area contributed by atoms with Crippen LogP contribution in [0.2, 0.25) is 0 Å². The molecular formula is C36H56BrNO2. The summed E-state index contributed by atoms with van der Waals surface area (Å²) < 4.78 is 14.4. The molecule has 0 spiro atoms. The van der Waals surface area contributed by atoms with Gasteiger partial charge >= 0.3 is 0 Å². The van der Waals surface area contributed by atoms with Gasteiger partial charge in [-0.25, -0.2) is 0 Å². The normalized spacial score (nSPS) is 45.0. The van der Waals surface area contributed by atoms with Crippen LogP contribution in [0.3, 0.4) is 0 Å². The fraction of sp³-hybridized carbons (Fsp3) is 0.833. The van der Waals surface area contributed by atoms with Gasteiger partial charge in [-0.15, -0.1) is 0 Å². The third-order valence-electron chi connectivity index (χ3n) is 13.7. The molecule has 1 aromatic carbocycles. The molecule has 6 rings (SSSR count). The first-order chi connectivity index (χ1) is 19.1. The van der Waals surface area contributed by atoms with Gasteiger partial charge in [0, 0.05) is 17.0 Å². The summed E-state index contributed by atoms with van der Waals surface area (Å²) in [5.74, 6) is 4.80. The zero-order valence-corrected chi connectivity index (χ0v) is 27.8. The third kappa shape index (κ3) is 4.60. The molecule has 0 bridgehead atoms. The van der Waals surface area contributed by atoms with Crippen molar-refractivity contribution in [3.05, 3.63) is 34.3 Å².